The third-order valence-corrected chi connectivity index (χ3v) is 2.80. The smallest absolute Gasteiger partial charge is 0.319 e. The molecule has 3 heteroatoms. The van der Waals surface area contributed by atoms with Gasteiger partial charge in [-0.2, -0.15) is 0 Å². The van der Waals surface area contributed by atoms with Crippen LogP contribution in [0.2, 0.25) is 0 Å². The van der Waals surface area contributed by atoms with E-state index in [-0.39, 0.29) is 0 Å². The van der Waals surface area contributed by atoms with Crippen LogP contribution in [-0.4, -0.2) is 12.6 Å². The molecular formula is C15H16N2O. The molecule has 0 atom stereocenters. The van der Waals surface area contributed by atoms with Crippen LogP contribution in [0.5, 0.6) is 0 Å². The molecule has 0 saturated carbocycles. The molecule has 0 aliphatic heterocycles. The van der Waals surface area contributed by atoms with Crippen molar-refractivity contribution in [3.05, 3.63) is 66.2 Å². The van der Waals surface area contributed by atoms with Crippen molar-refractivity contribution >= 4 is 11.7 Å². The third kappa shape index (κ3) is 3.10. The van der Waals surface area contributed by atoms with Gasteiger partial charge in [-0.1, -0.05) is 48.5 Å². The van der Waals surface area contributed by atoms with E-state index in [1.165, 1.54) is 5.56 Å². The van der Waals surface area contributed by atoms with Crippen LogP contribution < -0.4 is 10.6 Å². The van der Waals surface area contributed by atoms with Crippen molar-refractivity contribution in [3.8, 4) is 0 Å². The van der Waals surface area contributed by atoms with E-state index in [0.717, 1.165) is 12.1 Å². The molecule has 2 aromatic rings. The maximum atomic E-state index is 11.5. The van der Waals surface area contributed by atoms with Gasteiger partial charge in [0.05, 0.1) is 0 Å². The molecule has 0 heterocycles. The summed E-state index contributed by atoms with van der Waals surface area (Å²) in [5, 5.41) is 0. The van der Waals surface area contributed by atoms with Crippen LogP contribution in [0.3, 0.4) is 0 Å². The lowest BCUT2D eigenvalue weighted by Gasteiger charge is -2.20. The van der Waals surface area contributed by atoms with Crippen molar-refractivity contribution in [1.82, 2.24) is 0 Å². The van der Waals surface area contributed by atoms with E-state index in [9.17, 15) is 4.79 Å². The molecule has 0 unspecified atom stereocenters. The third-order valence-electron chi connectivity index (χ3n) is 2.80. The summed E-state index contributed by atoms with van der Waals surface area (Å²) in [6.45, 7) is 0.587. The van der Waals surface area contributed by atoms with E-state index < -0.39 is 6.03 Å². The van der Waals surface area contributed by atoms with Crippen LogP contribution in [0.1, 0.15) is 5.56 Å². The minimum absolute atomic E-state index is 0.419. The molecule has 2 rings (SSSR count). The van der Waals surface area contributed by atoms with Gasteiger partial charge in [-0.25, -0.2) is 4.79 Å². The second kappa shape index (κ2) is 5.87. The molecule has 0 aromatic heterocycles. The van der Waals surface area contributed by atoms with Crippen molar-refractivity contribution in [2.75, 3.05) is 11.4 Å². The highest BCUT2D eigenvalue weighted by molar-refractivity contribution is 5.90. The number of primary amides is 1. The Balaban J connectivity index is 2.06. The average Bonchev–Trinajstić information content (AvgIpc) is 2.41. The molecule has 0 radical (unpaired) electrons. The minimum atomic E-state index is -0.419. The Kier molecular flexibility index (Phi) is 3.97. The highest BCUT2D eigenvalue weighted by Gasteiger charge is 2.11. The standard InChI is InChI=1S/C15H16N2O/c16-15(18)17(14-9-5-2-6-10-14)12-11-13-7-3-1-4-8-13/h1-10H,11-12H2,(H2,16,18). The summed E-state index contributed by atoms with van der Waals surface area (Å²) < 4.78 is 0. The monoisotopic (exact) mass is 240 g/mol. The van der Waals surface area contributed by atoms with E-state index in [0.29, 0.717) is 6.54 Å². The summed E-state index contributed by atoms with van der Waals surface area (Å²) in [5.74, 6) is 0. The maximum Gasteiger partial charge on any atom is 0.319 e. The molecule has 0 aliphatic rings. The van der Waals surface area contributed by atoms with Gasteiger partial charge in [0, 0.05) is 12.2 Å². The van der Waals surface area contributed by atoms with Gasteiger partial charge in [-0.05, 0) is 24.1 Å². The summed E-state index contributed by atoms with van der Waals surface area (Å²) in [5.41, 5.74) is 7.45. The summed E-state index contributed by atoms with van der Waals surface area (Å²) in [6, 6.07) is 19.1. The van der Waals surface area contributed by atoms with E-state index in [2.05, 4.69) is 0 Å². The Labute approximate surface area is 107 Å². The van der Waals surface area contributed by atoms with Gasteiger partial charge in [-0.3, -0.25) is 4.90 Å². The second-order valence-electron chi connectivity index (χ2n) is 4.06. The molecule has 2 N–H and O–H groups in total. The fraction of sp³-hybridized carbons (Fsp3) is 0.133. The number of urea groups is 1. The first-order valence-corrected chi connectivity index (χ1v) is 5.93. The van der Waals surface area contributed by atoms with E-state index in [1.54, 1.807) is 4.90 Å². The Bertz CT molecular complexity index is 496. The van der Waals surface area contributed by atoms with Crippen LogP contribution in [0.15, 0.2) is 60.7 Å². The Morgan fingerprint density at radius 2 is 1.50 bits per heavy atom. The van der Waals surface area contributed by atoms with Crippen LogP contribution in [0.4, 0.5) is 10.5 Å². The first kappa shape index (κ1) is 12.2. The molecule has 0 fully saturated rings. The number of benzene rings is 2. The lowest BCUT2D eigenvalue weighted by molar-refractivity contribution is 0.254. The lowest BCUT2D eigenvalue weighted by Crippen LogP contribution is -2.37. The van der Waals surface area contributed by atoms with Gasteiger partial charge in [0.2, 0.25) is 0 Å². The molecule has 3 nitrogen and oxygen atoms in total. The predicted molar refractivity (Wildman–Crippen MR) is 73.5 cm³/mol. The minimum Gasteiger partial charge on any atom is -0.351 e. The zero-order chi connectivity index (χ0) is 12.8. The van der Waals surface area contributed by atoms with Gasteiger partial charge >= 0.3 is 6.03 Å². The van der Waals surface area contributed by atoms with E-state index in [4.69, 9.17) is 5.73 Å². The summed E-state index contributed by atoms with van der Waals surface area (Å²) in [6.07, 6.45) is 0.790. The summed E-state index contributed by atoms with van der Waals surface area (Å²) in [4.78, 5) is 13.1. The number of nitrogens with two attached hydrogens (primary N) is 1. The Hall–Kier alpha value is -2.29. The summed E-state index contributed by atoms with van der Waals surface area (Å²) >= 11 is 0. The number of hydrogen-bond donors (Lipinski definition) is 1. The van der Waals surface area contributed by atoms with Crippen LogP contribution in [-0.2, 0) is 6.42 Å². The highest BCUT2D eigenvalue weighted by atomic mass is 16.2. The highest BCUT2D eigenvalue weighted by Crippen LogP contribution is 2.13. The molecule has 18 heavy (non-hydrogen) atoms. The molecule has 0 bridgehead atoms. The number of amides is 2. The number of carbonyl (C=O) groups excluding carboxylic acids is 1. The average molecular weight is 240 g/mol. The van der Waals surface area contributed by atoms with Crippen LogP contribution in [0, 0.1) is 0 Å². The van der Waals surface area contributed by atoms with Crippen LogP contribution in [0.25, 0.3) is 0 Å². The first-order valence-electron chi connectivity index (χ1n) is 5.93. The molecule has 92 valence electrons. The zero-order valence-corrected chi connectivity index (χ0v) is 10.1. The summed E-state index contributed by atoms with van der Waals surface area (Å²) in [7, 11) is 0. The molecule has 0 saturated heterocycles. The Morgan fingerprint density at radius 1 is 0.944 bits per heavy atom. The van der Waals surface area contributed by atoms with Gasteiger partial charge in [0.1, 0.15) is 0 Å². The number of nitrogens with zero attached hydrogens (tertiary/aromatic N) is 1. The largest absolute Gasteiger partial charge is 0.351 e. The van der Waals surface area contributed by atoms with Gasteiger partial charge in [-0.15, -0.1) is 0 Å². The SMILES string of the molecule is NC(=O)N(CCc1ccccc1)c1ccccc1. The second-order valence-corrected chi connectivity index (χ2v) is 4.06. The fourth-order valence-electron chi connectivity index (χ4n) is 1.86. The number of carbonyl (C=O) groups is 1. The lowest BCUT2D eigenvalue weighted by atomic mass is 10.1. The van der Waals surface area contributed by atoms with Crippen molar-refractivity contribution in [2.24, 2.45) is 5.73 Å². The quantitative estimate of drug-likeness (QED) is 0.877. The number of hydrogen-bond acceptors (Lipinski definition) is 1. The zero-order valence-electron chi connectivity index (χ0n) is 10.1. The van der Waals surface area contributed by atoms with E-state index >= 15 is 0 Å². The van der Waals surface area contributed by atoms with Gasteiger partial charge in [0.25, 0.3) is 0 Å². The normalized spacial score (nSPS) is 10.0. The maximum absolute atomic E-state index is 11.5. The molecule has 2 amide bonds. The van der Waals surface area contributed by atoms with Crippen molar-refractivity contribution in [3.63, 3.8) is 0 Å². The first-order chi connectivity index (χ1) is 8.77. The number of rotatable bonds is 4. The number of anilines is 1. The van der Waals surface area contributed by atoms with Crippen LogP contribution >= 0.6 is 0 Å². The fourth-order valence-corrected chi connectivity index (χ4v) is 1.86. The van der Waals surface area contributed by atoms with Crippen molar-refractivity contribution in [2.45, 2.75) is 6.42 Å². The van der Waals surface area contributed by atoms with Crippen molar-refractivity contribution < 1.29 is 4.79 Å². The Morgan fingerprint density at radius 3 is 2.06 bits per heavy atom. The molecule has 0 spiro atoms. The topological polar surface area (TPSA) is 46.3 Å². The van der Waals surface area contributed by atoms with Crippen molar-refractivity contribution in [1.29, 1.82) is 0 Å². The van der Waals surface area contributed by atoms with Gasteiger partial charge < -0.3 is 5.73 Å². The number of para-hydroxylation sites is 1. The molecule has 0 aliphatic carbocycles. The van der Waals surface area contributed by atoms with E-state index in [1.807, 2.05) is 60.7 Å². The predicted octanol–water partition coefficient (Wildman–Crippen LogP) is 2.81. The van der Waals surface area contributed by atoms with Gasteiger partial charge in [0.15, 0.2) is 0 Å². The molecular weight excluding hydrogens is 224 g/mol. The molecule has 2 aromatic carbocycles.